The van der Waals surface area contributed by atoms with Crippen LogP contribution in [0.4, 0.5) is 4.79 Å². The lowest BCUT2D eigenvalue weighted by molar-refractivity contribution is -0.135. The average Bonchev–Trinajstić information content (AvgIpc) is 2.66. The first-order chi connectivity index (χ1) is 13.7. The molecule has 0 spiro atoms. The summed E-state index contributed by atoms with van der Waals surface area (Å²) in [6, 6.07) is 16.3. The lowest BCUT2D eigenvalue weighted by atomic mass is 10.0. The number of carbonyl (C=O) groups is 2. The number of benzene rings is 2. The van der Waals surface area contributed by atoms with Crippen LogP contribution in [-0.4, -0.2) is 33.4 Å². The number of rotatable bonds is 4. The molecule has 2 amide bonds. The van der Waals surface area contributed by atoms with Crippen molar-refractivity contribution in [3.8, 4) is 0 Å². The fraction of sp³-hybridized carbons (Fsp3) is 0.304. The summed E-state index contributed by atoms with van der Waals surface area (Å²) in [5.74, 6) is -0.155. The summed E-state index contributed by atoms with van der Waals surface area (Å²) in [4.78, 5) is 29.0. The molecule has 0 aliphatic carbocycles. The van der Waals surface area contributed by atoms with Gasteiger partial charge in [0.05, 0.1) is 6.54 Å². The van der Waals surface area contributed by atoms with E-state index in [1.54, 1.807) is 50.2 Å². The molecule has 152 valence electrons. The van der Waals surface area contributed by atoms with Crippen molar-refractivity contribution in [3.63, 3.8) is 0 Å². The third-order valence-corrected chi connectivity index (χ3v) is 4.71. The second kappa shape index (κ2) is 8.70. The van der Waals surface area contributed by atoms with Crippen LogP contribution in [0.25, 0.3) is 0 Å². The van der Waals surface area contributed by atoms with Crippen molar-refractivity contribution in [2.45, 2.75) is 45.4 Å². The van der Waals surface area contributed by atoms with Gasteiger partial charge in [-0.1, -0.05) is 54.1 Å². The number of amides is 2. The molecular formula is C23H25ClN2O3. The van der Waals surface area contributed by atoms with Gasteiger partial charge in [0.2, 0.25) is 0 Å². The Morgan fingerprint density at radius 2 is 1.66 bits per heavy atom. The molecule has 0 N–H and O–H groups in total. The molecule has 0 fully saturated rings. The van der Waals surface area contributed by atoms with Crippen LogP contribution in [0.2, 0.25) is 5.02 Å². The zero-order chi connectivity index (χ0) is 21.0. The van der Waals surface area contributed by atoms with E-state index in [-0.39, 0.29) is 5.91 Å². The van der Waals surface area contributed by atoms with Gasteiger partial charge in [0.25, 0.3) is 5.91 Å². The van der Waals surface area contributed by atoms with Gasteiger partial charge in [-0.25, -0.2) is 4.79 Å². The predicted octanol–water partition coefficient (Wildman–Crippen LogP) is 5.00. The molecule has 1 atom stereocenters. The summed E-state index contributed by atoms with van der Waals surface area (Å²) < 4.78 is 5.51. The van der Waals surface area contributed by atoms with Crippen molar-refractivity contribution in [2.75, 3.05) is 0 Å². The smallest absolute Gasteiger partial charge is 0.415 e. The van der Waals surface area contributed by atoms with Crippen LogP contribution in [0.1, 0.15) is 31.9 Å². The van der Waals surface area contributed by atoms with Gasteiger partial charge in [0, 0.05) is 23.8 Å². The minimum atomic E-state index is -0.695. The number of halogens is 1. The maximum atomic E-state index is 13.3. The number of ether oxygens (including phenoxy) is 1. The Morgan fingerprint density at radius 3 is 2.28 bits per heavy atom. The molecule has 2 aromatic rings. The zero-order valence-corrected chi connectivity index (χ0v) is 17.6. The minimum Gasteiger partial charge on any atom is -0.443 e. The molecule has 0 unspecified atom stereocenters. The summed E-state index contributed by atoms with van der Waals surface area (Å²) in [5.41, 5.74) is 1.28. The molecule has 0 saturated heterocycles. The highest BCUT2D eigenvalue weighted by molar-refractivity contribution is 6.30. The van der Waals surface area contributed by atoms with E-state index < -0.39 is 17.7 Å². The van der Waals surface area contributed by atoms with Crippen LogP contribution in [-0.2, 0) is 22.5 Å². The van der Waals surface area contributed by atoms with E-state index in [4.69, 9.17) is 16.3 Å². The van der Waals surface area contributed by atoms with Gasteiger partial charge in [0.1, 0.15) is 11.6 Å². The summed E-state index contributed by atoms with van der Waals surface area (Å²) in [7, 11) is 0. The molecule has 3 rings (SSSR count). The fourth-order valence-corrected chi connectivity index (χ4v) is 3.21. The molecule has 1 heterocycles. The standard InChI is InChI=1S/C23H25ClN2O3/c1-23(2,3)29-22(28)26-14-13-25(16-18-7-5-4-6-8-18)21(27)20(26)15-17-9-11-19(24)12-10-17/h4-14,20H,15-16H2,1-3H3/t20-/m0/s1. The Balaban J connectivity index is 1.86. The molecule has 0 bridgehead atoms. The Labute approximate surface area is 176 Å². The Bertz CT molecular complexity index is 889. The van der Waals surface area contributed by atoms with Crippen LogP contribution in [0.5, 0.6) is 0 Å². The maximum absolute atomic E-state index is 13.3. The first kappa shape index (κ1) is 20.9. The SMILES string of the molecule is CC(C)(C)OC(=O)N1C=CN(Cc2ccccc2)C(=O)[C@@H]1Cc1ccc(Cl)cc1. The summed E-state index contributed by atoms with van der Waals surface area (Å²) in [6.45, 7) is 5.85. The Kier molecular flexibility index (Phi) is 6.28. The van der Waals surface area contributed by atoms with Crippen LogP contribution in [0.3, 0.4) is 0 Å². The van der Waals surface area contributed by atoms with E-state index in [0.717, 1.165) is 11.1 Å². The molecule has 0 saturated carbocycles. The van der Waals surface area contributed by atoms with Crippen molar-refractivity contribution in [2.24, 2.45) is 0 Å². The van der Waals surface area contributed by atoms with Crippen LogP contribution >= 0.6 is 11.6 Å². The third-order valence-electron chi connectivity index (χ3n) is 4.45. The topological polar surface area (TPSA) is 49.9 Å². The average molecular weight is 413 g/mol. The lowest BCUT2D eigenvalue weighted by Crippen LogP contribution is -2.52. The number of nitrogens with zero attached hydrogens (tertiary/aromatic N) is 2. The van der Waals surface area contributed by atoms with E-state index in [2.05, 4.69) is 0 Å². The summed E-state index contributed by atoms with van der Waals surface area (Å²) in [5, 5.41) is 0.623. The predicted molar refractivity (Wildman–Crippen MR) is 113 cm³/mol. The van der Waals surface area contributed by atoms with Gasteiger partial charge < -0.3 is 9.64 Å². The van der Waals surface area contributed by atoms with Crippen molar-refractivity contribution in [1.29, 1.82) is 0 Å². The monoisotopic (exact) mass is 412 g/mol. The van der Waals surface area contributed by atoms with E-state index in [1.807, 2.05) is 42.5 Å². The first-order valence-corrected chi connectivity index (χ1v) is 9.89. The van der Waals surface area contributed by atoms with Gasteiger partial charge in [-0.15, -0.1) is 0 Å². The quantitative estimate of drug-likeness (QED) is 0.709. The molecule has 0 aromatic heterocycles. The Morgan fingerprint density at radius 1 is 1.00 bits per heavy atom. The molecule has 1 aliphatic rings. The third kappa shape index (κ3) is 5.61. The van der Waals surface area contributed by atoms with E-state index in [0.29, 0.717) is 18.0 Å². The van der Waals surface area contributed by atoms with Crippen molar-refractivity contribution in [1.82, 2.24) is 9.80 Å². The largest absolute Gasteiger partial charge is 0.443 e. The van der Waals surface area contributed by atoms with Gasteiger partial charge in [-0.3, -0.25) is 9.69 Å². The number of hydrogen-bond acceptors (Lipinski definition) is 3. The van der Waals surface area contributed by atoms with E-state index in [9.17, 15) is 9.59 Å². The van der Waals surface area contributed by atoms with Gasteiger partial charge >= 0.3 is 6.09 Å². The molecule has 5 nitrogen and oxygen atoms in total. The normalized spacial score (nSPS) is 16.8. The highest BCUT2D eigenvalue weighted by Crippen LogP contribution is 2.23. The first-order valence-electron chi connectivity index (χ1n) is 9.51. The second-order valence-electron chi connectivity index (χ2n) is 7.98. The molecule has 1 aliphatic heterocycles. The van der Waals surface area contributed by atoms with Gasteiger partial charge in [-0.05, 0) is 44.0 Å². The summed E-state index contributed by atoms with van der Waals surface area (Å²) >= 11 is 5.98. The van der Waals surface area contributed by atoms with Gasteiger partial charge in [-0.2, -0.15) is 0 Å². The molecule has 2 aromatic carbocycles. The number of hydrogen-bond donors (Lipinski definition) is 0. The van der Waals surface area contributed by atoms with E-state index >= 15 is 0 Å². The second-order valence-corrected chi connectivity index (χ2v) is 8.42. The maximum Gasteiger partial charge on any atom is 0.415 e. The minimum absolute atomic E-state index is 0.155. The highest BCUT2D eigenvalue weighted by atomic mass is 35.5. The van der Waals surface area contributed by atoms with Crippen molar-refractivity contribution < 1.29 is 14.3 Å². The van der Waals surface area contributed by atoms with Crippen LogP contribution in [0, 0.1) is 0 Å². The van der Waals surface area contributed by atoms with Crippen molar-refractivity contribution in [3.05, 3.63) is 83.1 Å². The van der Waals surface area contributed by atoms with Crippen LogP contribution < -0.4 is 0 Å². The zero-order valence-electron chi connectivity index (χ0n) is 16.8. The molecule has 29 heavy (non-hydrogen) atoms. The fourth-order valence-electron chi connectivity index (χ4n) is 3.08. The molecule has 6 heteroatoms. The van der Waals surface area contributed by atoms with Crippen LogP contribution in [0.15, 0.2) is 67.0 Å². The van der Waals surface area contributed by atoms with Gasteiger partial charge in [0.15, 0.2) is 0 Å². The lowest BCUT2D eigenvalue weighted by Gasteiger charge is -2.36. The number of carbonyl (C=O) groups excluding carboxylic acids is 2. The van der Waals surface area contributed by atoms with E-state index in [1.165, 1.54) is 4.90 Å². The van der Waals surface area contributed by atoms with Crippen molar-refractivity contribution >= 4 is 23.6 Å². The molecule has 0 radical (unpaired) electrons. The summed E-state index contributed by atoms with van der Waals surface area (Å²) in [6.07, 6.45) is 3.09. The highest BCUT2D eigenvalue weighted by Gasteiger charge is 2.37. The molecular weight excluding hydrogens is 388 g/mol. The Hall–Kier alpha value is -2.79.